The van der Waals surface area contributed by atoms with Crippen molar-refractivity contribution in [2.45, 2.75) is 88.8 Å². The van der Waals surface area contributed by atoms with Crippen molar-refractivity contribution in [3.8, 4) is 0 Å². The van der Waals surface area contributed by atoms with Gasteiger partial charge in [-0.3, -0.25) is 0 Å². The molecule has 1 atom stereocenters. The largest absolute Gasteiger partial charge is 0.362 e. The topological polar surface area (TPSA) is 21.3 Å². The van der Waals surface area contributed by atoms with E-state index in [-0.39, 0.29) is 4.93 Å². The molecule has 2 saturated carbocycles. The van der Waals surface area contributed by atoms with Crippen molar-refractivity contribution < 1.29 is 4.74 Å². The lowest BCUT2D eigenvalue weighted by Crippen LogP contribution is -2.38. The Morgan fingerprint density at radius 3 is 2.28 bits per heavy atom. The fraction of sp³-hybridized carbons (Fsp3) is 1.00. The summed E-state index contributed by atoms with van der Waals surface area (Å²) in [6, 6.07) is 0.648. The molecule has 2 fully saturated rings. The molecule has 0 aromatic heterocycles. The van der Waals surface area contributed by atoms with Crippen molar-refractivity contribution in [3.63, 3.8) is 0 Å². The van der Waals surface area contributed by atoms with E-state index in [0.717, 1.165) is 0 Å². The first-order chi connectivity index (χ1) is 8.49. The number of ether oxygens (including phenoxy) is 1. The minimum absolute atomic E-state index is 0.190. The van der Waals surface area contributed by atoms with E-state index >= 15 is 0 Å². The zero-order chi connectivity index (χ0) is 13.2. The Morgan fingerprint density at radius 2 is 1.83 bits per heavy atom. The highest BCUT2D eigenvalue weighted by molar-refractivity contribution is 8.00. The molecule has 0 aliphatic heterocycles. The van der Waals surface area contributed by atoms with Crippen molar-refractivity contribution in [1.82, 2.24) is 5.32 Å². The molecule has 0 saturated heterocycles. The first kappa shape index (κ1) is 14.7. The Hall–Kier alpha value is 0.270. The molecule has 2 aliphatic carbocycles. The van der Waals surface area contributed by atoms with Crippen LogP contribution in [-0.4, -0.2) is 28.4 Å². The first-order valence-electron chi connectivity index (χ1n) is 7.59. The van der Waals surface area contributed by atoms with Gasteiger partial charge in [-0.25, -0.2) is 0 Å². The van der Waals surface area contributed by atoms with Gasteiger partial charge in [-0.2, -0.15) is 0 Å². The molecule has 0 bridgehead atoms. The third-order valence-corrected chi connectivity index (χ3v) is 5.58. The lowest BCUT2D eigenvalue weighted by Gasteiger charge is -2.23. The third kappa shape index (κ3) is 4.14. The molecule has 2 rings (SSSR count). The number of nitrogens with one attached hydrogen (secondary N) is 1. The summed E-state index contributed by atoms with van der Waals surface area (Å²) in [5.41, 5.74) is 0.510. The van der Waals surface area contributed by atoms with Crippen LogP contribution >= 0.6 is 11.8 Å². The van der Waals surface area contributed by atoms with Crippen LogP contribution in [0.15, 0.2) is 0 Å². The Morgan fingerprint density at radius 1 is 1.17 bits per heavy atom. The number of thioether (sulfide) groups is 1. The summed E-state index contributed by atoms with van der Waals surface area (Å²) in [4.78, 5) is 0.190. The lowest BCUT2D eigenvalue weighted by atomic mass is 10.1. The average molecular weight is 271 g/mol. The van der Waals surface area contributed by atoms with E-state index < -0.39 is 0 Å². The van der Waals surface area contributed by atoms with Gasteiger partial charge in [0.25, 0.3) is 0 Å². The second-order valence-electron chi connectivity index (χ2n) is 6.39. The van der Waals surface area contributed by atoms with E-state index in [2.05, 4.69) is 33.0 Å². The van der Waals surface area contributed by atoms with Crippen molar-refractivity contribution in [1.29, 1.82) is 0 Å². The van der Waals surface area contributed by atoms with Crippen LogP contribution in [0.3, 0.4) is 0 Å². The SMILES string of the molecule is CCC1(NC(C)CCSC2(OC(C)C)CC2)CC1. The molecular weight excluding hydrogens is 242 g/mol. The van der Waals surface area contributed by atoms with Crippen LogP contribution in [-0.2, 0) is 4.74 Å². The van der Waals surface area contributed by atoms with Crippen LogP contribution in [0, 0.1) is 0 Å². The maximum atomic E-state index is 6.01. The second-order valence-corrected chi connectivity index (χ2v) is 7.83. The standard InChI is InChI=1S/C15H29NOS/c1-5-14(7-8-14)16-13(4)6-11-18-15(9-10-15)17-12(2)3/h12-13,16H,5-11H2,1-4H3. The van der Waals surface area contributed by atoms with Gasteiger partial charge < -0.3 is 10.1 Å². The minimum atomic E-state index is 0.190. The Labute approximate surface area is 117 Å². The first-order valence-corrected chi connectivity index (χ1v) is 8.57. The molecule has 0 amide bonds. The van der Waals surface area contributed by atoms with Gasteiger partial charge >= 0.3 is 0 Å². The van der Waals surface area contributed by atoms with Gasteiger partial charge in [0.2, 0.25) is 0 Å². The average Bonchev–Trinajstić information content (AvgIpc) is 3.17. The molecule has 2 nitrogen and oxygen atoms in total. The number of rotatable bonds is 9. The second kappa shape index (κ2) is 5.72. The van der Waals surface area contributed by atoms with Crippen molar-refractivity contribution >= 4 is 11.8 Å². The van der Waals surface area contributed by atoms with Crippen LogP contribution in [0.4, 0.5) is 0 Å². The van der Waals surface area contributed by atoms with E-state index in [1.165, 1.54) is 44.3 Å². The molecule has 1 N–H and O–H groups in total. The molecule has 1 unspecified atom stereocenters. The molecule has 3 heteroatoms. The molecule has 0 radical (unpaired) electrons. The summed E-state index contributed by atoms with van der Waals surface area (Å²) >= 11 is 2.04. The maximum absolute atomic E-state index is 6.01. The smallest absolute Gasteiger partial charge is 0.114 e. The van der Waals surface area contributed by atoms with Gasteiger partial charge in [-0.05, 0) is 65.0 Å². The van der Waals surface area contributed by atoms with Gasteiger partial charge in [-0.15, -0.1) is 11.8 Å². The van der Waals surface area contributed by atoms with E-state index in [1.54, 1.807) is 0 Å². The lowest BCUT2D eigenvalue weighted by molar-refractivity contribution is 0.0445. The van der Waals surface area contributed by atoms with Crippen LogP contribution in [0.25, 0.3) is 0 Å². The van der Waals surface area contributed by atoms with E-state index in [4.69, 9.17) is 4.74 Å². The van der Waals surface area contributed by atoms with Crippen LogP contribution < -0.4 is 5.32 Å². The van der Waals surface area contributed by atoms with Gasteiger partial charge in [-0.1, -0.05) is 6.92 Å². The quantitative estimate of drug-likeness (QED) is 0.642. The minimum Gasteiger partial charge on any atom is -0.362 e. The van der Waals surface area contributed by atoms with E-state index in [0.29, 0.717) is 17.7 Å². The highest BCUT2D eigenvalue weighted by Crippen LogP contribution is 2.50. The van der Waals surface area contributed by atoms with Crippen LogP contribution in [0.5, 0.6) is 0 Å². The van der Waals surface area contributed by atoms with Gasteiger partial charge in [0.15, 0.2) is 0 Å². The molecule has 0 aromatic carbocycles. The van der Waals surface area contributed by atoms with Crippen molar-refractivity contribution in [2.75, 3.05) is 5.75 Å². The molecule has 106 valence electrons. The fourth-order valence-corrected chi connectivity index (χ4v) is 4.09. The van der Waals surface area contributed by atoms with Gasteiger partial charge in [0, 0.05) is 11.6 Å². The summed E-state index contributed by atoms with van der Waals surface area (Å²) in [6.07, 6.45) is 8.15. The normalized spacial score (nSPS) is 25.2. The van der Waals surface area contributed by atoms with Gasteiger partial charge in [0.1, 0.15) is 4.93 Å². The van der Waals surface area contributed by atoms with Crippen molar-refractivity contribution in [3.05, 3.63) is 0 Å². The maximum Gasteiger partial charge on any atom is 0.114 e. The van der Waals surface area contributed by atoms with Crippen LogP contribution in [0.2, 0.25) is 0 Å². The third-order valence-electron chi connectivity index (χ3n) is 4.11. The Bertz CT molecular complexity index is 272. The fourth-order valence-electron chi connectivity index (χ4n) is 2.60. The molecule has 18 heavy (non-hydrogen) atoms. The van der Waals surface area contributed by atoms with E-state index in [9.17, 15) is 0 Å². The molecule has 0 aromatic rings. The number of hydrogen-bond acceptors (Lipinski definition) is 3. The summed E-state index contributed by atoms with van der Waals surface area (Å²) in [5, 5.41) is 3.81. The molecule has 2 aliphatic rings. The molecular formula is C15H29NOS. The zero-order valence-corrected chi connectivity index (χ0v) is 13.2. The Balaban J connectivity index is 1.60. The predicted molar refractivity (Wildman–Crippen MR) is 80.1 cm³/mol. The zero-order valence-electron chi connectivity index (χ0n) is 12.4. The number of hydrogen-bond donors (Lipinski definition) is 1. The highest BCUT2D eigenvalue weighted by atomic mass is 32.2. The molecule has 0 spiro atoms. The Kier molecular flexibility index (Phi) is 4.66. The molecule has 0 heterocycles. The predicted octanol–water partition coefficient (Wildman–Crippen LogP) is 3.95. The summed E-state index contributed by atoms with van der Waals surface area (Å²) in [5.74, 6) is 1.22. The monoisotopic (exact) mass is 271 g/mol. The summed E-state index contributed by atoms with van der Waals surface area (Å²) in [7, 11) is 0. The highest BCUT2D eigenvalue weighted by Gasteiger charge is 2.45. The van der Waals surface area contributed by atoms with Crippen molar-refractivity contribution in [2.24, 2.45) is 0 Å². The van der Waals surface area contributed by atoms with Crippen LogP contribution in [0.1, 0.15) is 66.2 Å². The summed E-state index contributed by atoms with van der Waals surface area (Å²) in [6.45, 7) is 8.92. The van der Waals surface area contributed by atoms with Gasteiger partial charge in [0.05, 0.1) is 6.10 Å². The summed E-state index contributed by atoms with van der Waals surface area (Å²) < 4.78 is 6.01. The van der Waals surface area contributed by atoms with E-state index in [1.807, 2.05) is 11.8 Å².